The Hall–Kier alpha value is -3.83. The van der Waals surface area contributed by atoms with Crippen LogP contribution in [0.5, 0.6) is 5.75 Å². The van der Waals surface area contributed by atoms with Crippen molar-refractivity contribution in [3.05, 3.63) is 95.6 Å². The van der Waals surface area contributed by atoms with Gasteiger partial charge in [0.15, 0.2) is 0 Å². The maximum absolute atomic E-state index is 13.8. The number of amides is 2. The molecule has 0 spiro atoms. The van der Waals surface area contributed by atoms with E-state index < -0.39 is 0 Å². The number of nitrogens with zero attached hydrogens (tertiary/aromatic N) is 4. The van der Waals surface area contributed by atoms with Gasteiger partial charge in [-0.3, -0.25) is 4.90 Å². The van der Waals surface area contributed by atoms with Crippen LogP contribution < -0.4 is 10.1 Å². The van der Waals surface area contributed by atoms with E-state index in [1.54, 1.807) is 7.11 Å². The first-order valence-electron chi connectivity index (χ1n) is 15.2. The molecule has 7 nitrogen and oxygen atoms in total. The monoisotopic (exact) mass is 579 g/mol. The molecule has 226 valence electrons. The van der Waals surface area contributed by atoms with Crippen molar-refractivity contribution in [1.82, 2.24) is 19.6 Å². The van der Waals surface area contributed by atoms with Gasteiger partial charge in [-0.2, -0.15) is 0 Å². The molecule has 3 aromatic rings. The lowest BCUT2D eigenvalue weighted by atomic mass is 9.73. The highest BCUT2D eigenvalue weighted by atomic mass is 16.5. The number of methoxy groups -OCH3 is 1. The predicted octanol–water partition coefficient (Wildman–Crippen LogP) is 4.91. The van der Waals surface area contributed by atoms with Gasteiger partial charge in [0.1, 0.15) is 5.75 Å². The molecule has 0 bridgehead atoms. The van der Waals surface area contributed by atoms with E-state index in [0.717, 1.165) is 55.2 Å². The Bertz CT molecular complexity index is 1400. The molecule has 7 heteroatoms. The third-order valence-electron chi connectivity index (χ3n) is 8.59. The van der Waals surface area contributed by atoms with Crippen molar-refractivity contribution in [2.24, 2.45) is 5.92 Å². The van der Waals surface area contributed by atoms with Crippen LogP contribution in [0, 0.1) is 17.8 Å². The van der Waals surface area contributed by atoms with Gasteiger partial charge in [-0.05, 0) is 101 Å². The van der Waals surface area contributed by atoms with Gasteiger partial charge in [0, 0.05) is 61.0 Å². The van der Waals surface area contributed by atoms with Gasteiger partial charge in [0.2, 0.25) is 0 Å². The Morgan fingerprint density at radius 2 is 1.51 bits per heavy atom. The zero-order valence-corrected chi connectivity index (χ0v) is 26.2. The van der Waals surface area contributed by atoms with E-state index in [1.807, 2.05) is 59.5 Å². The van der Waals surface area contributed by atoms with Crippen molar-refractivity contribution in [2.75, 3.05) is 73.3 Å². The van der Waals surface area contributed by atoms with Crippen LogP contribution in [0.2, 0.25) is 0 Å². The van der Waals surface area contributed by atoms with Crippen molar-refractivity contribution >= 4 is 11.7 Å². The molecule has 2 aliphatic rings. The normalized spacial score (nSPS) is 22.1. The lowest BCUT2D eigenvalue weighted by Gasteiger charge is -2.58. The highest BCUT2D eigenvalue weighted by Gasteiger charge is 2.50. The van der Waals surface area contributed by atoms with Crippen molar-refractivity contribution < 1.29 is 9.53 Å². The van der Waals surface area contributed by atoms with Crippen molar-refractivity contribution in [2.45, 2.75) is 24.4 Å². The van der Waals surface area contributed by atoms with Gasteiger partial charge in [-0.25, -0.2) is 4.79 Å². The van der Waals surface area contributed by atoms with Crippen LogP contribution in [0.1, 0.15) is 29.0 Å². The van der Waals surface area contributed by atoms with Crippen LogP contribution in [0.3, 0.4) is 0 Å². The number of nitrogens with one attached hydrogen (secondary N) is 1. The molecule has 1 N–H and O–H groups in total. The Balaban J connectivity index is 1.38. The Kier molecular flexibility index (Phi) is 10.0. The van der Waals surface area contributed by atoms with Gasteiger partial charge < -0.3 is 24.8 Å². The van der Waals surface area contributed by atoms with Crippen molar-refractivity contribution in [3.8, 4) is 17.6 Å². The van der Waals surface area contributed by atoms with Crippen LogP contribution >= 0.6 is 0 Å². The topological polar surface area (TPSA) is 51.3 Å². The number of carbonyl (C=O) groups excluding carboxylic acids is 1. The number of rotatable bonds is 7. The van der Waals surface area contributed by atoms with Crippen LogP contribution in [-0.4, -0.2) is 106 Å². The van der Waals surface area contributed by atoms with Gasteiger partial charge in [0.25, 0.3) is 0 Å². The molecular formula is C36H45N5O2. The fourth-order valence-corrected chi connectivity index (χ4v) is 6.60. The smallest absolute Gasteiger partial charge is 0.321 e. The van der Waals surface area contributed by atoms with Crippen LogP contribution in [-0.2, 0) is 0 Å². The summed E-state index contributed by atoms with van der Waals surface area (Å²) >= 11 is 0. The minimum Gasteiger partial charge on any atom is -0.497 e. The summed E-state index contributed by atoms with van der Waals surface area (Å²) in [6.45, 7) is 4.41. The average molecular weight is 580 g/mol. The molecule has 4 atom stereocenters. The van der Waals surface area contributed by atoms with Gasteiger partial charge in [-0.1, -0.05) is 42.2 Å². The molecule has 2 fully saturated rings. The summed E-state index contributed by atoms with van der Waals surface area (Å²) in [6, 6.07) is 27.0. The number of fused-ring (bicyclic) bond motifs is 1. The number of urea groups is 1. The summed E-state index contributed by atoms with van der Waals surface area (Å²) in [5.74, 6) is 8.09. The molecule has 0 saturated carbocycles. The molecule has 2 saturated heterocycles. The predicted molar refractivity (Wildman–Crippen MR) is 175 cm³/mol. The molecule has 2 amide bonds. The van der Waals surface area contributed by atoms with Crippen molar-refractivity contribution in [1.29, 1.82) is 0 Å². The van der Waals surface area contributed by atoms with Gasteiger partial charge >= 0.3 is 6.03 Å². The number of hydrogen-bond donors (Lipinski definition) is 1. The van der Waals surface area contributed by atoms with E-state index in [0.29, 0.717) is 24.4 Å². The third kappa shape index (κ3) is 7.77. The second kappa shape index (κ2) is 14.1. The summed E-state index contributed by atoms with van der Waals surface area (Å²) in [7, 11) is 10.2. The highest BCUT2D eigenvalue weighted by molar-refractivity contribution is 5.89. The summed E-state index contributed by atoms with van der Waals surface area (Å²) < 4.78 is 5.29. The molecule has 5 rings (SSSR count). The standard InChI is InChI=1S/C36H45N5O2/c1-38(2)23-29-21-22-41-33(25-39(3)4)35(30-15-13-28(14-16-30)12-11-27-9-7-6-8-10-27)34(41)26-40(24-29)36(42)37-31-17-19-32(43-5)20-18-31/h6-10,13-20,29,33-35H,21-26H2,1-5H3,(H,37,42)/t29?,33-,34+,35+/m1/s1. The van der Waals surface area contributed by atoms with Crippen molar-refractivity contribution in [3.63, 3.8) is 0 Å². The Morgan fingerprint density at radius 3 is 2.14 bits per heavy atom. The quantitative estimate of drug-likeness (QED) is 0.404. The summed E-state index contributed by atoms with van der Waals surface area (Å²) in [5.41, 5.74) is 4.12. The first-order valence-corrected chi connectivity index (χ1v) is 15.2. The fraction of sp³-hybridized carbons (Fsp3) is 0.417. The van der Waals surface area contributed by atoms with Gasteiger partial charge in [-0.15, -0.1) is 0 Å². The molecule has 2 aliphatic heterocycles. The molecule has 0 radical (unpaired) electrons. The number of ether oxygens (including phenoxy) is 1. The SMILES string of the molecule is COc1ccc(NC(=O)N2CC(CN(C)C)CCN3[C@H](CN(C)C)[C@H](c4ccc(C#Cc5ccccc5)cc4)[C@@H]3C2)cc1. The minimum absolute atomic E-state index is 0.0443. The maximum Gasteiger partial charge on any atom is 0.321 e. The fourth-order valence-electron chi connectivity index (χ4n) is 6.60. The second-order valence-electron chi connectivity index (χ2n) is 12.4. The zero-order valence-electron chi connectivity index (χ0n) is 26.2. The lowest BCUT2D eigenvalue weighted by Crippen LogP contribution is -2.69. The lowest BCUT2D eigenvalue weighted by molar-refractivity contribution is -0.0520. The third-order valence-corrected chi connectivity index (χ3v) is 8.59. The molecule has 0 aromatic heterocycles. The maximum atomic E-state index is 13.8. The van der Waals surface area contributed by atoms with Crippen LogP contribution in [0.25, 0.3) is 0 Å². The summed E-state index contributed by atoms with van der Waals surface area (Å²) in [6.07, 6.45) is 1.06. The summed E-state index contributed by atoms with van der Waals surface area (Å²) in [4.78, 5) is 23.0. The number of likely N-dealkylation sites (N-methyl/N-ethyl adjacent to an activating group) is 1. The molecule has 2 heterocycles. The van der Waals surface area contributed by atoms with E-state index in [4.69, 9.17) is 4.74 Å². The molecule has 0 aliphatic carbocycles. The van der Waals surface area contributed by atoms with E-state index in [1.165, 1.54) is 5.56 Å². The Morgan fingerprint density at radius 1 is 0.860 bits per heavy atom. The van der Waals surface area contributed by atoms with E-state index in [2.05, 4.69) is 84.3 Å². The number of benzene rings is 3. The van der Waals surface area contributed by atoms with E-state index >= 15 is 0 Å². The highest BCUT2D eigenvalue weighted by Crippen LogP contribution is 2.43. The van der Waals surface area contributed by atoms with Crippen LogP contribution in [0.4, 0.5) is 10.5 Å². The molecule has 43 heavy (non-hydrogen) atoms. The molecule has 3 aromatic carbocycles. The van der Waals surface area contributed by atoms with E-state index in [-0.39, 0.29) is 12.1 Å². The largest absolute Gasteiger partial charge is 0.497 e. The van der Waals surface area contributed by atoms with Crippen LogP contribution in [0.15, 0.2) is 78.9 Å². The summed E-state index contributed by atoms with van der Waals surface area (Å²) in [5, 5.41) is 3.15. The molecular weight excluding hydrogens is 534 g/mol. The first kappa shape index (κ1) is 30.6. The zero-order chi connectivity index (χ0) is 30.3. The number of anilines is 1. The minimum atomic E-state index is -0.0443. The number of carbonyl (C=O) groups is 1. The average Bonchev–Trinajstić information content (AvgIpc) is 2.99. The van der Waals surface area contributed by atoms with E-state index in [9.17, 15) is 4.79 Å². The number of hydrogen-bond acceptors (Lipinski definition) is 5. The second-order valence-corrected chi connectivity index (χ2v) is 12.4. The first-order chi connectivity index (χ1) is 20.8. The van der Waals surface area contributed by atoms with Gasteiger partial charge in [0.05, 0.1) is 7.11 Å². The molecule has 1 unspecified atom stereocenters. The Labute approximate surface area is 257 Å².